The van der Waals surface area contributed by atoms with Gasteiger partial charge >= 0.3 is 0 Å². The zero-order chi connectivity index (χ0) is 17.7. The molecule has 8 heteroatoms. The average molecular weight is 356 g/mol. The van der Waals surface area contributed by atoms with Crippen LogP contribution in [0.2, 0.25) is 0 Å². The van der Waals surface area contributed by atoms with E-state index >= 15 is 0 Å². The molecule has 24 heavy (non-hydrogen) atoms. The van der Waals surface area contributed by atoms with Crippen molar-refractivity contribution in [2.75, 3.05) is 44.0 Å². The number of anilines is 1. The summed E-state index contributed by atoms with van der Waals surface area (Å²) in [5.74, 6) is 0.337. The topological polar surface area (TPSA) is 76.2 Å². The Bertz CT molecular complexity index is 671. The van der Waals surface area contributed by atoms with Crippen LogP contribution < -0.4 is 9.04 Å². The van der Waals surface area contributed by atoms with Crippen LogP contribution in [0.5, 0.6) is 5.75 Å². The Hall–Kier alpha value is -1.80. The molecule has 1 aromatic rings. The third-order valence-electron chi connectivity index (χ3n) is 3.94. The van der Waals surface area contributed by atoms with E-state index in [-0.39, 0.29) is 5.91 Å². The number of sulfonamides is 1. The highest BCUT2D eigenvalue weighted by Gasteiger charge is 2.34. The average Bonchev–Trinajstić information content (AvgIpc) is 2.58. The molecule has 0 aromatic heterocycles. The van der Waals surface area contributed by atoms with Gasteiger partial charge in [-0.3, -0.25) is 9.10 Å². The molecule has 134 valence electrons. The molecule has 1 aromatic carbocycles. The first kappa shape index (κ1) is 18.5. The van der Waals surface area contributed by atoms with E-state index in [1.165, 1.54) is 11.4 Å². The van der Waals surface area contributed by atoms with Gasteiger partial charge < -0.3 is 14.4 Å². The van der Waals surface area contributed by atoms with E-state index in [1.807, 2.05) is 0 Å². The minimum absolute atomic E-state index is 0.200. The van der Waals surface area contributed by atoms with Gasteiger partial charge in [0, 0.05) is 19.2 Å². The molecule has 0 N–H and O–H groups in total. The van der Waals surface area contributed by atoms with Gasteiger partial charge in [0.15, 0.2) is 0 Å². The zero-order valence-electron chi connectivity index (χ0n) is 14.3. The lowest BCUT2D eigenvalue weighted by molar-refractivity contribution is -0.136. The number of morpholine rings is 1. The third kappa shape index (κ3) is 4.18. The number of benzene rings is 1. The van der Waals surface area contributed by atoms with Crippen LogP contribution in [-0.4, -0.2) is 64.9 Å². The van der Waals surface area contributed by atoms with Gasteiger partial charge in [0.25, 0.3) is 0 Å². The van der Waals surface area contributed by atoms with Crippen LogP contribution >= 0.6 is 0 Å². The van der Waals surface area contributed by atoms with Crippen LogP contribution in [0, 0.1) is 0 Å². The Morgan fingerprint density at radius 2 is 2.04 bits per heavy atom. The van der Waals surface area contributed by atoms with Gasteiger partial charge in [0.2, 0.25) is 15.9 Å². The summed E-state index contributed by atoms with van der Waals surface area (Å²) in [6.07, 6.45) is 1.49. The molecule has 0 unspecified atom stereocenters. The normalized spacial score (nSPS) is 16.5. The molecule has 1 aliphatic rings. The number of hydrogen-bond donors (Lipinski definition) is 0. The molecule has 2 rings (SSSR count). The molecule has 1 atom stereocenters. The summed E-state index contributed by atoms with van der Waals surface area (Å²) in [5.41, 5.74) is 0.422. The molecule has 7 nitrogen and oxygen atoms in total. The number of ether oxygens (including phenoxy) is 2. The van der Waals surface area contributed by atoms with Crippen molar-refractivity contribution in [3.63, 3.8) is 0 Å². The highest BCUT2D eigenvalue weighted by atomic mass is 32.2. The number of hydrogen-bond acceptors (Lipinski definition) is 5. The molecule has 0 bridgehead atoms. The third-order valence-corrected chi connectivity index (χ3v) is 5.12. The maximum Gasteiger partial charge on any atom is 0.246 e. The Kier molecular flexibility index (Phi) is 6.06. The maximum atomic E-state index is 12.9. The van der Waals surface area contributed by atoms with E-state index in [9.17, 15) is 13.2 Å². The van der Waals surface area contributed by atoms with E-state index in [0.717, 1.165) is 6.26 Å². The number of carbonyl (C=O) groups excluding carboxylic acids is 1. The summed E-state index contributed by atoms with van der Waals surface area (Å²) >= 11 is 0. The van der Waals surface area contributed by atoms with Gasteiger partial charge in [0.1, 0.15) is 11.8 Å². The van der Waals surface area contributed by atoms with E-state index in [0.29, 0.717) is 44.2 Å². The van der Waals surface area contributed by atoms with Crippen LogP contribution in [0.1, 0.15) is 13.3 Å². The van der Waals surface area contributed by atoms with Crippen molar-refractivity contribution in [3.8, 4) is 5.75 Å². The van der Waals surface area contributed by atoms with Gasteiger partial charge in [-0.1, -0.05) is 13.0 Å². The maximum absolute atomic E-state index is 12.9. The second-order valence-corrected chi connectivity index (χ2v) is 7.48. The molecule has 0 saturated carbocycles. The van der Waals surface area contributed by atoms with Crippen LogP contribution in [0.4, 0.5) is 5.69 Å². The number of amides is 1. The number of carbonyl (C=O) groups is 1. The van der Waals surface area contributed by atoms with E-state index < -0.39 is 16.1 Å². The van der Waals surface area contributed by atoms with Gasteiger partial charge in [-0.2, -0.15) is 0 Å². The fourth-order valence-corrected chi connectivity index (χ4v) is 3.98. The summed E-state index contributed by atoms with van der Waals surface area (Å²) < 4.78 is 36.4. The van der Waals surface area contributed by atoms with E-state index in [1.54, 1.807) is 36.1 Å². The largest absolute Gasteiger partial charge is 0.497 e. The van der Waals surface area contributed by atoms with Crippen LogP contribution in [0.25, 0.3) is 0 Å². The van der Waals surface area contributed by atoms with Crippen molar-refractivity contribution < 1.29 is 22.7 Å². The fraction of sp³-hybridized carbons (Fsp3) is 0.562. The molecule has 1 fully saturated rings. The fourth-order valence-electron chi connectivity index (χ4n) is 2.79. The molecule has 1 saturated heterocycles. The van der Waals surface area contributed by atoms with Crippen molar-refractivity contribution in [2.45, 2.75) is 19.4 Å². The van der Waals surface area contributed by atoms with Crippen molar-refractivity contribution in [2.24, 2.45) is 0 Å². The smallest absolute Gasteiger partial charge is 0.246 e. The number of nitrogens with zero attached hydrogens (tertiary/aromatic N) is 2. The monoisotopic (exact) mass is 356 g/mol. The molecule has 0 radical (unpaired) electrons. The predicted molar refractivity (Wildman–Crippen MR) is 91.8 cm³/mol. The first-order chi connectivity index (χ1) is 11.4. The molecular formula is C16H24N2O5S. The van der Waals surface area contributed by atoms with Crippen LogP contribution in [0.3, 0.4) is 0 Å². The highest BCUT2D eigenvalue weighted by Crippen LogP contribution is 2.27. The molecular weight excluding hydrogens is 332 g/mol. The quantitative estimate of drug-likeness (QED) is 0.763. The van der Waals surface area contributed by atoms with Crippen molar-refractivity contribution in [1.29, 1.82) is 0 Å². The zero-order valence-corrected chi connectivity index (χ0v) is 15.1. The Morgan fingerprint density at radius 1 is 1.38 bits per heavy atom. The first-order valence-electron chi connectivity index (χ1n) is 7.88. The van der Waals surface area contributed by atoms with Crippen molar-refractivity contribution >= 4 is 21.6 Å². The second kappa shape index (κ2) is 7.85. The molecule has 1 aliphatic heterocycles. The summed E-state index contributed by atoms with van der Waals surface area (Å²) in [5, 5.41) is 0. The SMILES string of the molecule is CC[C@H](C(=O)N1CCOCC1)N(c1cccc(OC)c1)S(C)(=O)=O. The lowest BCUT2D eigenvalue weighted by atomic mass is 10.1. The standard InChI is InChI=1S/C16H24N2O5S/c1-4-15(16(19)17-8-10-23-11-9-17)18(24(3,20)21)13-6-5-7-14(12-13)22-2/h5-7,12,15H,4,8-11H2,1-3H3/t15-/m1/s1. The minimum atomic E-state index is -3.64. The summed E-state index contributed by atoms with van der Waals surface area (Å²) in [7, 11) is -2.12. The lowest BCUT2D eigenvalue weighted by Gasteiger charge is -2.35. The Morgan fingerprint density at radius 3 is 2.58 bits per heavy atom. The number of rotatable bonds is 6. The van der Waals surface area contributed by atoms with Crippen molar-refractivity contribution in [3.05, 3.63) is 24.3 Å². The van der Waals surface area contributed by atoms with Crippen molar-refractivity contribution in [1.82, 2.24) is 4.90 Å². The van der Waals surface area contributed by atoms with Crippen LogP contribution in [-0.2, 0) is 19.6 Å². The molecule has 0 aliphatic carbocycles. The number of methoxy groups -OCH3 is 1. The molecule has 1 heterocycles. The minimum Gasteiger partial charge on any atom is -0.497 e. The summed E-state index contributed by atoms with van der Waals surface area (Å²) in [4.78, 5) is 14.5. The van der Waals surface area contributed by atoms with E-state index in [2.05, 4.69) is 0 Å². The Labute approximate surface area is 143 Å². The highest BCUT2D eigenvalue weighted by molar-refractivity contribution is 7.92. The van der Waals surface area contributed by atoms with Gasteiger partial charge in [0.05, 0.1) is 32.3 Å². The lowest BCUT2D eigenvalue weighted by Crippen LogP contribution is -2.53. The summed E-state index contributed by atoms with van der Waals surface area (Å²) in [6.45, 7) is 3.71. The second-order valence-electron chi connectivity index (χ2n) is 5.62. The summed E-state index contributed by atoms with van der Waals surface area (Å²) in [6, 6.07) is 5.94. The van der Waals surface area contributed by atoms with Gasteiger partial charge in [-0.05, 0) is 18.6 Å². The Balaban J connectivity index is 2.39. The van der Waals surface area contributed by atoms with Gasteiger partial charge in [-0.25, -0.2) is 8.42 Å². The van der Waals surface area contributed by atoms with Crippen LogP contribution in [0.15, 0.2) is 24.3 Å². The molecule has 1 amide bonds. The molecule has 0 spiro atoms. The van der Waals surface area contributed by atoms with Gasteiger partial charge in [-0.15, -0.1) is 0 Å². The van der Waals surface area contributed by atoms with E-state index in [4.69, 9.17) is 9.47 Å². The predicted octanol–water partition coefficient (Wildman–Crippen LogP) is 1.10. The first-order valence-corrected chi connectivity index (χ1v) is 9.73.